The maximum Gasteiger partial charge on any atom is 0.271 e. The third kappa shape index (κ3) is 1.98. The predicted molar refractivity (Wildman–Crippen MR) is 74.6 cm³/mol. The number of carbonyl (C=O) groups excluding carboxylic acids is 1. The Morgan fingerprint density at radius 3 is 3.15 bits per heavy atom. The Bertz CT molecular complexity index is 684. The van der Waals surface area contributed by atoms with Crippen LogP contribution in [-0.4, -0.2) is 35.0 Å². The highest BCUT2D eigenvalue weighted by Gasteiger charge is 2.38. The van der Waals surface area contributed by atoms with Crippen LogP contribution in [0.4, 0.5) is 0 Å². The molecular formula is C14H14ClN3O2. The molecular weight excluding hydrogens is 278 g/mol. The van der Waals surface area contributed by atoms with Gasteiger partial charge in [0.25, 0.3) is 5.91 Å². The van der Waals surface area contributed by atoms with Crippen molar-refractivity contribution in [2.75, 3.05) is 13.1 Å². The van der Waals surface area contributed by atoms with Crippen LogP contribution in [0.5, 0.6) is 0 Å². The molecule has 0 spiro atoms. The highest BCUT2D eigenvalue weighted by atomic mass is 35.5. The summed E-state index contributed by atoms with van der Waals surface area (Å²) in [5, 5.41) is 4.15. The van der Waals surface area contributed by atoms with Crippen LogP contribution in [0.25, 0.3) is 11.0 Å². The molecule has 2 aliphatic heterocycles. The van der Waals surface area contributed by atoms with E-state index in [1.807, 2.05) is 0 Å². The molecule has 0 aromatic carbocycles. The summed E-state index contributed by atoms with van der Waals surface area (Å²) in [6, 6.07) is 3.33. The van der Waals surface area contributed by atoms with Gasteiger partial charge in [-0.15, -0.1) is 0 Å². The van der Waals surface area contributed by atoms with Crippen LogP contribution < -0.4 is 5.32 Å². The molecule has 104 valence electrons. The number of amides is 1. The molecule has 3 unspecified atom stereocenters. The Morgan fingerprint density at radius 2 is 2.40 bits per heavy atom. The average molecular weight is 292 g/mol. The smallest absolute Gasteiger partial charge is 0.271 e. The molecule has 0 saturated carbocycles. The Balaban J connectivity index is 1.54. The fourth-order valence-corrected chi connectivity index (χ4v) is 3.40. The number of fused-ring (bicyclic) bond motifs is 3. The van der Waals surface area contributed by atoms with Gasteiger partial charge in [0.15, 0.2) is 5.22 Å². The maximum absolute atomic E-state index is 12.3. The quantitative estimate of drug-likeness (QED) is 0.922. The zero-order valence-corrected chi connectivity index (χ0v) is 11.6. The number of aromatic nitrogens is 1. The van der Waals surface area contributed by atoms with Crippen molar-refractivity contribution in [3.8, 4) is 0 Å². The number of furan rings is 1. The summed E-state index contributed by atoms with van der Waals surface area (Å²) in [4.78, 5) is 18.8. The van der Waals surface area contributed by atoms with E-state index >= 15 is 0 Å². The summed E-state index contributed by atoms with van der Waals surface area (Å²) in [7, 11) is 0. The van der Waals surface area contributed by atoms with Crippen molar-refractivity contribution in [2.45, 2.75) is 19.0 Å². The average Bonchev–Trinajstić information content (AvgIpc) is 3.10. The third-order valence-corrected chi connectivity index (χ3v) is 4.40. The van der Waals surface area contributed by atoms with Crippen molar-refractivity contribution in [1.82, 2.24) is 15.2 Å². The fraction of sp³-hybridized carbons (Fsp3) is 0.429. The van der Waals surface area contributed by atoms with Gasteiger partial charge in [0.05, 0.1) is 6.17 Å². The summed E-state index contributed by atoms with van der Waals surface area (Å²) < 4.78 is 5.31. The third-order valence-electron chi connectivity index (χ3n) is 4.22. The van der Waals surface area contributed by atoms with E-state index in [9.17, 15) is 4.79 Å². The van der Waals surface area contributed by atoms with Gasteiger partial charge in [-0.05, 0) is 30.4 Å². The first-order valence-electron chi connectivity index (χ1n) is 6.79. The molecule has 0 radical (unpaired) electrons. The largest absolute Gasteiger partial charge is 0.445 e. The number of rotatable bonds is 2. The summed E-state index contributed by atoms with van der Waals surface area (Å²) >= 11 is 5.79. The second kappa shape index (κ2) is 4.46. The van der Waals surface area contributed by atoms with E-state index in [2.05, 4.69) is 15.2 Å². The molecule has 2 aromatic heterocycles. The van der Waals surface area contributed by atoms with Gasteiger partial charge in [0.1, 0.15) is 11.3 Å². The van der Waals surface area contributed by atoms with Crippen molar-refractivity contribution in [2.24, 2.45) is 5.92 Å². The van der Waals surface area contributed by atoms with Crippen LogP contribution in [0, 0.1) is 5.92 Å². The lowest BCUT2D eigenvalue weighted by Gasteiger charge is -2.25. The van der Waals surface area contributed by atoms with Crippen molar-refractivity contribution in [3.63, 3.8) is 0 Å². The number of hydrogen-bond donors (Lipinski definition) is 1. The number of nitrogens with one attached hydrogen (secondary N) is 1. The lowest BCUT2D eigenvalue weighted by molar-refractivity contribution is 0.0877. The second-order valence-corrected chi connectivity index (χ2v) is 5.91. The van der Waals surface area contributed by atoms with Crippen LogP contribution in [0.2, 0.25) is 5.22 Å². The molecule has 20 heavy (non-hydrogen) atoms. The number of halogens is 1. The van der Waals surface area contributed by atoms with Gasteiger partial charge in [-0.1, -0.05) is 0 Å². The monoisotopic (exact) mass is 291 g/mol. The first kappa shape index (κ1) is 12.2. The highest BCUT2D eigenvalue weighted by Crippen LogP contribution is 2.31. The molecule has 4 rings (SSSR count). The Labute approximate surface area is 120 Å². The maximum atomic E-state index is 12.3. The van der Waals surface area contributed by atoms with Gasteiger partial charge < -0.3 is 9.73 Å². The lowest BCUT2D eigenvalue weighted by atomic mass is 10.0. The lowest BCUT2D eigenvalue weighted by Crippen LogP contribution is -2.45. The van der Waals surface area contributed by atoms with E-state index in [4.69, 9.17) is 16.0 Å². The van der Waals surface area contributed by atoms with Crippen LogP contribution in [-0.2, 0) is 0 Å². The van der Waals surface area contributed by atoms with E-state index in [0.717, 1.165) is 30.8 Å². The molecule has 0 aliphatic carbocycles. The van der Waals surface area contributed by atoms with E-state index in [-0.39, 0.29) is 12.1 Å². The molecule has 2 fully saturated rings. The van der Waals surface area contributed by atoms with Gasteiger partial charge in [0.2, 0.25) is 0 Å². The molecule has 4 heterocycles. The van der Waals surface area contributed by atoms with Crippen LogP contribution in [0.15, 0.2) is 22.7 Å². The van der Waals surface area contributed by atoms with E-state index < -0.39 is 0 Å². The topological polar surface area (TPSA) is 58.4 Å². The fourth-order valence-electron chi connectivity index (χ4n) is 3.20. The van der Waals surface area contributed by atoms with E-state index in [1.165, 1.54) is 6.42 Å². The molecule has 6 heteroatoms. The molecule has 2 bridgehead atoms. The molecule has 2 aromatic rings. The normalized spacial score (nSPS) is 28.1. The number of hydrogen-bond acceptors (Lipinski definition) is 4. The minimum Gasteiger partial charge on any atom is -0.445 e. The predicted octanol–water partition coefficient (Wildman–Crippen LogP) is 2.26. The Kier molecular flexibility index (Phi) is 2.72. The minimum absolute atomic E-state index is 0.152. The SMILES string of the molecule is O=C(NC1CC2CCN1C2)c1cc2oc(Cl)cc2cn1. The zero-order valence-electron chi connectivity index (χ0n) is 10.8. The first-order chi connectivity index (χ1) is 9.69. The standard InChI is InChI=1S/C14H14ClN3O2/c15-12-4-9-6-16-10(5-11(9)20-12)14(19)17-13-3-8-1-2-18(13)7-8/h4-6,8,13H,1-3,7H2,(H,17,19). The zero-order chi connectivity index (χ0) is 13.7. The molecule has 1 amide bonds. The van der Waals surface area contributed by atoms with Gasteiger partial charge in [-0.3, -0.25) is 14.7 Å². The summed E-state index contributed by atoms with van der Waals surface area (Å²) in [5.41, 5.74) is 0.955. The van der Waals surface area contributed by atoms with Crippen LogP contribution >= 0.6 is 11.6 Å². The van der Waals surface area contributed by atoms with E-state index in [1.54, 1.807) is 18.3 Å². The molecule has 1 N–H and O–H groups in total. The summed E-state index contributed by atoms with van der Waals surface area (Å²) in [6.07, 6.45) is 4.06. The highest BCUT2D eigenvalue weighted by molar-refractivity contribution is 6.29. The van der Waals surface area contributed by atoms with Gasteiger partial charge >= 0.3 is 0 Å². The van der Waals surface area contributed by atoms with Crippen LogP contribution in [0.3, 0.4) is 0 Å². The molecule has 5 nitrogen and oxygen atoms in total. The summed E-state index contributed by atoms with van der Waals surface area (Å²) in [5.74, 6) is 0.580. The van der Waals surface area contributed by atoms with Gasteiger partial charge in [-0.2, -0.15) is 0 Å². The number of piperidine rings is 1. The van der Waals surface area contributed by atoms with Crippen molar-refractivity contribution in [1.29, 1.82) is 0 Å². The molecule has 2 saturated heterocycles. The van der Waals surface area contributed by atoms with Gasteiger partial charge in [0, 0.05) is 36.8 Å². The molecule has 2 aliphatic rings. The van der Waals surface area contributed by atoms with Crippen molar-refractivity contribution in [3.05, 3.63) is 29.2 Å². The minimum atomic E-state index is -0.156. The number of nitrogens with zero attached hydrogens (tertiary/aromatic N) is 2. The van der Waals surface area contributed by atoms with E-state index in [0.29, 0.717) is 16.5 Å². The van der Waals surface area contributed by atoms with Crippen molar-refractivity contribution >= 4 is 28.5 Å². The number of pyridine rings is 1. The first-order valence-corrected chi connectivity index (χ1v) is 7.17. The second-order valence-electron chi connectivity index (χ2n) is 5.53. The molecule has 3 atom stereocenters. The van der Waals surface area contributed by atoms with Crippen molar-refractivity contribution < 1.29 is 9.21 Å². The van der Waals surface area contributed by atoms with Crippen LogP contribution in [0.1, 0.15) is 23.3 Å². The Morgan fingerprint density at radius 1 is 1.50 bits per heavy atom. The van der Waals surface area contributed by atoms with Gasteiger partial charge in [-0.25, -0.2) is 0 Å². The Hall–Kier alpha value is -1.59. The summed E-state index contributed by atoms with van der Waals surface area (Å²) in [6.45, 7) is 2.18. The number of carbonyl (C=O) groups is 1.